The van der Waals surface area contributed by atoms with Gasteiger partial charge in [0.25, 0.3) is 6.30 Å². The Balaban J connectivity index is 3.62. The summed E-state index contributed by atoms with van der Waals surface area (Å²) in [6.07, 6.45) is -1.16. The average molecular weight is 122 g/mol. The predicted octanol–water partition coefficient (Wildman–Crippen LogP) is -0.0195. The number of aliphatic hydroxyl groups excluding tert-OH is 1. The van der Waals surface area contributed by atoms with Gasteiger partial charge in [-0.25, -0.2) is 0 Å². The molecule has 0 amide bonds. The Morgan fingerprint density at radius 1 is 1.50 bits per heavy atom. The molecular weight excluding hydrogens is 109 g/mol. The van der Waals surface area contributed by atoms with E-state index in [1.165, 1.54) is 0 Å². The van der Waals surface area contributed by atoms with Crippen LogP contribution in [-0.4, -0.2) is 43.6 Å². The summed E-state index contributed by atoms with van der Waals surface area (Å²) in [4.78, 5) is 0. The molecule has 3 heteroatoms. The van der Waals surface area contributed by atoms with E-state index in [9.17, 15) is 4.39 Å². The fourth-order valence-corrected chi connectivity index (χ4v) is 0.245. The second-order valence-electron chi connectivity index (χ2n) is 2.73. The first-order valence-corrected chi connectivity index (χ1v) is 2.54. The van der Waals surface area contributed by atoms with Crippen LogP contribution >= 0.6 is 0 Å². The maximum Gasteiger partial charge on any atom is 0.254 e. The monoisotopic (exact) mass is 122 g/mol. The Bertz CT molecular complexity index is 69.3. The van der Waals surface area contributed by atoms with Crippen LogP contribution in [0.5, 0.6) is 0 Å². The van der Waals surface area contributed by atoms with E-state index in [2.05, 4.69) is 0 Å². The first-order chi connectivity index (χ1) is 3.48. The topological polar surface area (TPSA) is 20.2 Å². The lowest BCUT2D eigenvalue weighted by Crippen LogP contribution is -2.44. The zero-order valence-corrected chi connectivity index (χ0v) is 5.56. The van der Waals surface area contributed by atoms with E-state index in [1.807, 2.05) is 0 Å². The summed E-state index contributed by atoms with van der Waals surface area (Å²) in [5, 5.41) is 8.28. The van der Waals surface area contributed by atoms with E-state index in [4.69, 9.17) is 5.11 Å². The summed E-state index contributed by atoms with van der Waals surface area (Å²) in [6, 6.07) is 0. The molecule has 0 aromatic rings. The quantitative estimate of drug-likeness (QED) is 0.403. The summed E-state index contributed by atoms with van der Waals surface area (Å²) < 4.78 is 12.5. The van der Waals surface area contributed by atoms with Crippen LogP contribution < -0.4 is 0 Å². The van der Waals surface area contributed by atoms with Crippen molar-refractivity contribution in [2.45, 2.75) is 6.30 Å². The lowest BCUT2D eigenvalue weighted by Gasteiger charge is -2.26. The van der Waals surface area contributed by atoms with E-state index >= 15 is 0 Å². The van der Waals surface area contributed by atoms with Gasteiger partial charge in [-0.3, -0.25) is 4.48 Å². The molecule has 2 nitrogen and oxygen atoms in total. The smallest absolute Gasteiger partial charge is 0.254 e. The van der Waals surface area contributed by atoms with Crippen molar-refractivity contribution in [2.75, 3.05) is 27.7 Å². The van der Waals surface area contributed by atoms with Crippen LogP contribution in [0, 0.1) is 0 Å². The van der Waals surface area contributed by atoms with Crippen molar-refractivity contribution in [3.8, 4) is 0 Å². The van der Waals surface area contributed by atoms with Crippen LogP contribution in [0.4, 0.5) is 4.39 Å². The van der Waals surface area contributed by atoms with Crippen LogP contribution in [0.3, 0.4) is 0 Å². The van der Waals surface area contributed by atoms with Crippen molar-refractivity contribution in [1.29, 1.82) is 0 Å². The van der Waals surface area contributed by atoms with Crippen LogP contribution in [0.1, 0.15) is 0 Å². The maximum atomic E-state index is 12.4. The number of halogens is 1. The Kier molecular flexibility index (Phi) is 2.37. The van der Waals surface area contributed by atoms with Gasteiger partial charge in [-0.15, -0.1) is 0 Å². The molecule has 0 aliphatic heterocycles. The number of likely N-dealkylation sites (N-methyl/N-ethyl adjacent to an activating group) is 1. The van der Waals surface area contributed by atoms with E-state index in [-0.39, 0.29) is 4.48 Å². The molecule has 0 spiro atoms. The van der Waals surface area contributed by atoms with Crippen molar-refractivity contribution in [3.05, 3.63) is 0 Å². The zero-order valence-electron chi connectivity index (χ0n) is 5.56. The Morgan fingerprint density at radius 3 is 1.88 bits per heavy atom. The highest BCUT2D eigenvalue weighted by atomic mass is 19.1. The average Bonchev–Trinajstić information content (AvgIpc) is 1.62. The van der Waals surface area contributed by atoms with Crippen molar-refractivity contribution < 1.29 is 14.0 Å². The molecule has 0 aliphatic carbocycles. The number of rotatable bonds is 2. The molecule has 50 valence electrons. The molecule has 1 N–H and O–H groups in total. The molecule has 8 heavy (non-hydrogen) atoms. The second kappa shape index (κ2) is 2.42. The minimum Gasteiger partial charge on any atom is -0.387 e. The molecule has 0 aromatic carbocycles. The third kappa shape index (κ3) is 2.23. The van der Waals surface area contributed by atoms with Gasteiger partial charge in [-0.05, 0) is 0 Å². The summed E-state index contributed by atoms with van der Waals surface area (Å²) >= 11 is 0. The van der Waals surface area contributed by atoms with Crippen molar-refractivity contribution in [1.82, 2.24) is 0 Å². The first kappa shape index (κ1) is 7.85. The highest BCUT2D eigenvalue weighted by Crippen LogP contribution is 2.01. The van der Waals surface area contributed by atoms with Gasteiger partial charge in [-0.1, -0.05) is 0 Å². The fraction of sp³-hybridized carbons (Fsp3) is 1.00. The van der Waals surface area contributed by atoms with E-state index in [1.54, 1.807) is 21.1 Å². The van der Waals surface area contributed by atoms with E-state index in [0.29, 0.717) is 0 Å². The first-order valence-electron chi connectivity index (χ1n) is 2.54. The number of nitrogens with zero attached hydrogens (tertiary/aromatic N) is 1. The van der Waals surface area contributed by atoms with Crippen LogP contribution in [0.15, 0.2) is 0 Å². The molecule has 0 bridgehead atoms. The molecule has 0 saturated carbocycles. The molecular formula is C5H13FNO+. The largest absolute Gasteiger partial charge is 0.387 e. The predicted molar refractivity (Wildman–Crippen MR) is 30.0 cm³/mol. The Hall–Kier alpha value is -0.150. The summed E-state index contributed by atoms with van der Waals surface area (Å²) in [5.41, 5.74) is 0. The molecule has 0 aliphatic rings. The molecule has 0 saturated heterocycles. The third-order valence-corrected chi connectivity index (χ3v) is 0.991. The molecule has 1 atom stereocenters. The van der Waals surface area contributed by atoms with Gasteiger partial charge >= 0.3 is 0 Å². The van der Waals surface area contributed by atoms with Crippen molar-refractivity contribution >= 4 is 0 Å². The maximum absolute atomic E-state index is 12.4. The number of hydrogen-bond acceptors (Lipinski definition) is 1. The third-order valence-electron chi connectivity index (χ3n) is 0.991. The summed E-state index contributed by atoms with van der Waals surface area (Å²) in [6.45, 7) is -0.399. The van der Waals surface area contributed by atoms with Gasteiger partial charge in [0.1, 0.15) is 6.61 Å². The van der Waals surface area contributed by atoms with Gasteiger partial charge in [0.05, 0.1) is 21.1 Å². The van der Waals surface area contributed by atoms with Crippen LogP contribution in [0.25, 0.3) is 0 Å². The minimum absolute atomic E-state index is 0.163. The van der Waals surface area contributed by atoms with Crippen molar-refractivity contribution in [3.63, 3.8) is 0 Å². The van der Waals surface area contributed by atoms with Crippen molar-refractivity contribution in [2.24, 2.45) is 0 Å². The fourth-order valence-electron chi connectivity index (χ4n) is 0.245. The van der Waals surface area contributed by atoms with Gasteiger partial charge in [-0.2, -0.15) is 4.39 Å². The number of hydrogen-bond donors (Lipinski definition) is 1. The van der Waals surface area contributed by atoms with Crippen LogP contribution in [0.2, 0.25) is 0 Å². The second-order valence-corrected chi connectivity index (χ2v) is 2.73. The lowest BCUT2D eigenvalue weighted by atomic mass is 10.5. The normalized spacial score (nSPS) is 16.1. The number of alkyl halides is 1. The zero-order chi connectivity index (χ0) is 6.78. The number of quaternary nitrogens is 1. The Morgan fingerprint density at radius 2 is 1.88 bits per heavy atom. The van der Waals surface area contributed by atoms with Gasteiger partial charge in [0, 0.05) is 0 Å². The summed E-state index contributed by atoms with van der Waals surface area (Å²) in [5.74, 6) is 0. The summed E-state index contributed by atoms with van der Waals surface area (Å²) in [7, 11) is 5.09. The highest BCUT2D eigenvalue weighted by molar-refractivity contribution is 4.31. The van der Waals surface area contributed by atoms with E-state index < -0.39 is 12.9 Å². The number of aliphatic hydroxyl groups is 1. The Labute approximate surface area is 49.1 Å². The molecule has 0 heterocycles. The van der Waals surface area contributed by atoms with Crippen LogP contribution in [-0.2, 0) is 0 Å². The highest BCUT2D eigenvalue weighted by Gasteiger charge is 2.20. The molecule has 0 radical (unpaired) electrons. The van der Waals surface area contributed by atoms with Gasteiger partial charge in [0.2, 0.25) is 0 Å². The van der Waals surface area contributed by atoms with Gasteiger partial charge in [0.15, 0.2) is 0 Å². The standard InChI is InChI=1S/C5H13FNO/c1-7(2,3)5(6)4-8/h5,8H,4H2,1-3H3/q+1. The lowest BCUT2D eigenvalue weighted by molar-refractivity contribution is -0.911. The van der Waals surface area contributed by atoms with E-state index in [0.717, 1.165) is 0 Å². The minimum atomic E-state index is -1.16. The molecule has 0 rings (SSSR count). The SMILES string of the molecule is C[N+](C)(C)C(F)CO. The van der Waals surface area contributed by atoms with Gasteiger partial charge < -0.3 is 5.11 Å². The molecule has 0 fully saturated rings. The molecule has 0 aromatic heterocycles. The molecule has 1 unspecified atom stereocenters.